The van der Waals surface area contributed by atoms with Crippen LogP contribution in [0.15, 0.2) is 46.6 Å². The first kappa shape index (κ1) is 11.8. The van der Waals surface area contributed by atoms with Crippen molar-refractivity contribution in [3.63, 3.8) is 0 Å². The quantitative estimate of drug-likeness (QED) is 0.707. The number of rotatable bonds is 1. The third kappa shape index (κ3) is 1.82. The third-order valence-corrected chi connectivity index (χ3v) is 3.53. The van der Waals surface area contributed by atoms with Crippen molar-refractivity contribution >= 4 is 28.9 Å². The molecule has 1 aromatic heterocycles. The number of hydrogen-bond donors (Lipinski definition) is 2. The van der Waals surface area contributed by atoms with Gasteiger partial charge in [-0.15, -0.1) is 0 Å². The highest BCUT2D eigenvalue weighted by Gasteiger charge is 2.11. The van der Waals surface area contributed by atoms with Crippen LogP contribution < -0.4 is 10.4 Å². The summed E-state index contributed by atoms with van der Waals surface area (Å²) in [5, 5.41) is 20.3. The minimum Gasteiger partial charge on any atom is -0.494 e. The van der Waals surface area contributed by atoms with E-state index in [4.69, 9.17) is 0 Å². The Bertz CT molecular complexity index is 1020. The minimum absolute atomic E-state index is 0.0520. The van der Waals surface area contributed by atoms with Crippen LogP contribution in [-0.2, 0) is 0 Å². The lowest BCUT2D eigenvalue weighted by atomic mass is 10.1. The molecule has 0 unspecified atom stereocenters. The average Bonchev–Trinajstić information content (AvgIpc) is 3.05. The molecule has 3 aromatic rings. The average molecular weight is 279 g/mol. The number of nitrogens with zero attached hydrogens (tertiary/aromatic N) is 2. The van der Waals surface area contributed by atoms with Gasteiger partial charge in [0.15, 0.2) is 5.88 Å². The van der Waals surface area contributed by atoms with E-state index in [1.807, 2.05) is 18.2 Å². The second kappa shape index (κ2) is 4.28. The molecule has 0 aliphatic carbocycles. The largest absolute Gasteiger partial charge is 0.494 e. The third-order valence-electron chi connectivity index (χ3n) is 3.53. The summed E-state index contributed by atoms with van der Waals surface area (Å²) in [6.45, 7) is 0. The summed E-state index contributed by atoms with van der Waals surface area (Å²) in [5.41, 5.74) is 1.65. The van der Waals surface area contributed by atoms with Crippen LogP contribution in [0.4, 0.5) is 10.1 Å². The van der Waals surface area contributed by atoms with Crippen LogP contribution in [-0.4, -0.2) is 10.1 Å². The number of azo groups is 1. The van der Waals surface area contributed by atoms with E-state index in [1.54, 1.807) is 24.4 Å². The molecular weight excluding hydrogens is 269 g/mol. The molecule has 0 spiro atoms. The summed E-state index contributed by atoms with van der Waals surface area (Å²) in [5.74, 6) is -0.441. The van der Waals surface area contributed by atoms with Crippen molar-refractivity contribution in [1.29, 1.82) is 0 Å². The fourth-order valence-corrected chi connectivity index (χ4v) is 2.50. The number of aromatic amines is 1. The second-order valence-corrected chi connectivity index (χ2v) is 4.86. The molecule has 5 heteroatoms. The van der Waals surface area contributed by atoms with Gasteiger partial charge >= 0.3 is 0 Å². The Morgan fingerprint density at radius 2 is 2.10 bits per heavy atom. The number of aromatic nitrogens is 1. The predicted octanol–water partition coefficient (Wildman–Crippen LogP) is 2.68. The predicted molar refractivity (Wildman–Crippen MR) is 78.2 cm³/mol. The van der Waals surface area contributed by atoms with Gasteiger partial charge in [0.2, 0.25) is 0 Å². The molecule has 21 heavy (non-hydrogen) atoms. The molecule has 0 fully saturated rings. The highest BCUT2D eigenvalue weighted by Crippen LogP contribution is 2.29. The standard InChI is InChI=1S/C16H10FN3O/c17-13-3-1-2-11-12(16(21)19-15(11)13)6-9-4-5-10-8-18-20-14(10)7-9/h1-8,19,21H. The Labute approximate surface area is 118 Å². The van der Waals surface area contributed by atoms with Crippen LogP contribution in [0.3, 0.4) is 0 Å². The molecule has 0 amide bonds. The van der Waals surface area contributed by atoms with E-state index in [-0.39, 0.29) is 11.7 Å². The monoisotopic (exact) mass is 279 g/mol. The number of aromatic hydroxyl groups is 1. The molecule has 0 saturated heterocycles. The van der Waals surface area contributed by atoms with Crippen molar-refractivity contribution in [1.82, 2.24) is 4.98 Å². The van der Waals surface area contributed by atoms with E-state index in [0.29, 0.717) is 16.5 Å². The molecular formula is C16H10FN3O. The number of benzene rings is 2. The molecule has 2 aromatic carbocycles. The summed E-state index contributed by atoms with van der Waals surface area (Å²) < 4.78 is 13.7. The first-order chi connectivity index (χ1) is 10.2. The molecule has 0 atom stereocenters. The fraction of sp³-hybridized carbons (Fsp3) is 0. The van der Waals surface area contributed by atoms with Crippen LogP contribution >= 0.6 is 0 Å². The van der Waals surface area contributed by atoms with Crippen molar-refractivity contribution in [3.8, 4) is 5.88 Å². The summed E-state index contributed by atoms with van der Waals surface area (Å²) in [6, 6.07) is 10.4. The molecule has 2 N–H and O–H groups in total. The SMILES string of the molecule is Oc1[nH]c2c(F)cccc2c1C=c1ccc2c(c1)N=NC=2. The Morgan fingerprint density at radius 3 is 3.00 bits per heavy atom. The molecule has 102 valence electrons. The molecule has 4 rings (SSSR count). The number of hydrogen-bond acceptors (Lipinski definition) is 3. The molecule has 0 radical (unpaired) electrons. The maximum Gasteiger partial charge on any atom is 0.196 e. The molecule has 1 aliphatic rings. The van der Waals surface area contributed by atoms with E-state index in [0.717, 1.165) is 16.1 Å². The zero-order valence-corrected chi connectivity index (χ0v) is 10.8. The highest BCUT2D eigenvalue weighted by molar-refractivity contribution is 5.92. The summed E-state index contributed by atoms with van der Waals surface area (Å²) in [6.07, 6.45) is 3.49. The molecule has 1 aliphatic heterocycles. The minimum atomic E-state index is -0.389. The van der Waals surface area contributed by atoms with Crippen LogP contribution in [0.2, 0.25) is 0 Å². The van der Waals surface area contributed by atoms with Gasteiger partial charge in [-0.2, -0.15) is 10.2 Å². The lowest BCUT2D eigenvalue weighted by Crippen LogP contribution is -2.06. The number of nitrogens with one attached hydrogen (secondary N) is 1. The first-order valence-electron chi connectivity index (χ1n) is 6.44. The summed E-state index contributed by atoms with van der Waals surface area (Å²) in [7, 11) is 0. The van der Waals surface area contributed by atoms with Gasteiger partial charge in [0.05, 0.1) is 17.4 Å². The van der Waals surface area contributed by atoms with E-state index in [1.165, 1.54) is 6.07 Å². The lowest BCUT2D eigenvalue weighted by molar-refractivity contribution is 0.456. The number of H-pyrrole nitrogens is 1. The molecule has 2 heterocycles. The number of halogens is 1. The van der Waals surface area contributed by atoms with Gasteiger partial charge in [-0.25, -0.2) is 4.39 Å². The van der Waals surface area contributed by atoms with E-state index in [2.05, 4.69) is 15.2 Å². The van der Waals surface area contributed by atoms with Crippen LogP contribution in [0.1, 0.15) is 5.56 Å². The van der Waals surface area contributed by atoms with Gasteiger partial charge in [-0.3, -0.25) is 0 Å². The zero-order chi connectivity index (χ0) is 14.4. The van der Waals surface area contributed by atoms with Crippen molar-refractivity contribution in [2.75, 3.05) is 0 Å². The number of fused-ring (bicyclic) bond motifs is 2. The van der Waals surface area contributed by atoms with Gasteiger partial charge in [-0.05, 0) is 23.4 Å². The van der Waals surface area contributed by atoms with Crippen LogP contribution in [0.5, 0.6) is 5.88 Å². The first-order valence-corrected chi connectivity index (χ1v) is 6.44. The summed E-state index contributed by atoms with van der Waals surface area (Å²) >= 11 is 0. The number of para-hydroxylation sites is 1. The smallest absolute Gasteiger partial charge is 0.196 e. The van der Waals surface area contributed by atoms with Crippen molar-refractivity contribution in [3.05, 3.63) is 58.2 Å². The fourth-order valence-electron chi connectivity index (χ4n) is 2.50. The van der Waals surface area contributed by atoms with Gasteiger partial charge in [0.1, 0.15) is 5.82 Å². The van der Waals surface area contributed by atoms with Crippen molar-refractivity contribution in [2.24, 2.45) is 10.2 Å². The maximum absolute atomic E-state index is 13.7. The summed E-state index contributed by atoms with van der Waals surface area (Å²) in [4.78, 5) is 2.67. The Hall–Kier alpha value is -2.95. The van der Waals surface area contributed by atoms with Crippen LogP contribution in [0.25, 0.3) is 23.2 Å². The van der Waals surface area contributed by atoms with Gasteiger partial charge in [-0.1, -0.05) is 24.3 Å². The van der Waals surface area contributed by atoms with Gasteiger partial charge in [0, 0.05) is 16.2 Å². The molecule has 0 bridgehead atoms. The van der Waals surface area contributed by atoms with Gasteiger partial charge in [0.25, 0.3) is 0 Å². The molecule has 4 nitrogen and oxygen atoms in total. The van der Waals surface area contributed by atoms with E-state index in [9.17, 15) is 9.50 Å². The van der Waals surface area contributed by atoms with Crippen LogP contribution in [0, 0.1) is 5.82 Å². The van der Waals surface area contributed by atoms with Crippen molar-refractivity contribution < 1.29 is 9.50 Å². The lowest BCUT2D eigenvalue weighted by Gasteiger charge is -1.94. The van der Waals surface area contributed by atoms with Crippen molar-refractivity contribution in [2.45, 2.75) is 0 Å². The van der Waals surface area contributed by atoms with E-state index >= 15 is 0 Å². The Morgan fingerprint density at radius 1 is 1.19 bits per heavy atom. The second-order valence-electron chi connectivity index (χ2n) is 4.86. The topological polar surface area (TPSA) is 60.7 Å². The Balaban J connectivity index is 1.98. The van der Waals surface area contributed by atoms with Gasteiger partial charge < -0.3 is 10.1 Å². The Kier molecular flexibility index (Phi) is 2.41. The zero-order valence-electron chi connectivity index (χ0n) is 10.8. The normalized spacial score (nSPS) is 13.7. The molecule has 0 saturated carbocycles. The highest BCUT2D eigenvalue weighted by atomic mass is 19.1. The maximum atomic E-state index is 13.7. The van der Waals surface area contributed by atoms with E-state index < -0.39 is 0 Å².